The van der Waals surface area contributed by atoms with Crippen molar-refractivity contribution in [2.24, 2.45) is 0 Å². The number of rotatable bonds is 2. The van der Waals surface area contributed by atoms with Crippen LogP contribution in [-0.2, 0) is 15.6 Å². The molecule has 0 saturated heterocycles. The number of hydrogen-bond donors (Lipinski definition) is 0. The van der Waals surface area contributed by atoms with Gasteiger partial charge in [0.15, 0.2) is 0 Å². The first-order valence-electron chi connectivity index (χ1n) is 3.44. The molecule has 0 amide bonds. The van der Waals surface area contributed by atoms with Crippen LogP contribution in [0, 0.1) is 6.92 Å². The van der Waals surface area contributed by atoms with Crippen LogP contribution in [-0.4, -0.2) is 18.2 Å². The third-order valence-corrected chi connectivity index (χ3v) is 3.05. The standard InChI is InChI=1S/C6H9ClN2O2S/c1-3-9-5(2)6(4-8-9)12(7,10)11/h4H,3H2,1-2H3. The Kier molecular flexibility index (Phi) is 2.44. The van der Waals surface area contributed by atoms with Crippen LogP contribution >= 0.6 is 10.7 Å². The molecule has 0 fully saturated rings. The zero-order valence-corrected chi connectivity index (χ0v) is 8.35. The summed E-state index contributed by atoms with van der Waals surface area (Å²) >= 11 is 0. The van der Waals surface area contributed by atoms with Gasteiger partial charge >= 0.3 is 0 Å². The van der Waals surface area contributed by atoms with E-state index in [9.17, 15) is 8.42 Å². The van der Waals surface area contributed by atoms with Crippen LogP contribution in [0.25, 0.3) is 0 Å². The number of halogens is 1. The van der Waals surface area contributed by atoms with E-state index in [1.807, 2.05) is 6.92 Å². The normalized spacial score (nSPS) is 11.9. The van der Waals surface area contributed by atoms with E-state index >= 15 is 0 Å². The Morgan fingerprint density at radius 2 is 2.25 bits per heavy atom. The number of aromatic nitrogens is 2. The molecule has 0 spiro atoms. The predicted molar refractivity (Wildman–Crippen MR) is 45.7 cm³/mol. The summed E-state index contributed by atoms with van der Waals surface area (Å²) in [6.45, 7) is 4.19. The van der Waals surface area contributed by atoms with Crippen LogP contribution in [0.3, 0.4) is 0 Å². The Balaban J connectivity index is 3.30. The molecule has 0 aromatic carbocycles. The van der Waals surface area contributed by atoms with Gasteiger partial charge < -0.3 is 0 Å². The van der Waals surface area contributed by atoms with Crippen molar-refractivity contribution in [3.8, 4) is 0 Å². The van der Waals surface area contributed by atoms with Crippen LogP contribution in [0.2, 0.25) is 0 Å². The van der Waals surface area contributed by atoms with Gasteiger partial charge in [0, 0.05) is 17.2 Å². The first-order chi connectivity index (χ1) is 5.46. The zero-order chi connectivity index (χ0) is 9.35. The summed E-state index contributed by atoms with van der Waals surface area (Å²) in [4.78, 5) is 0.0889. The summed E-state index contributed by atoms with van der Waals surface area (Å²) < 4.78 is 23.4. The van der Waals surface area contributed by atoms with Crippen molar-refractivity contribution in [2.45, 2.75) is 25.3 Å². The van der Waals surface area contributed by atoms with Crippen molar-refractivity contribution in [2.75, 3.05) is 0 Å². The van der Waals surface area contributed by atoms with Crippen LogP contribution in [0.15, 0.2) is 11.1 Å². The molecule has 1 rings (SSSR count). The van der Waals surface area contributed by atoms with Gasteiger partial charge in [-0.25, -0.2) is 8.42 Å². The second kappa shape index (κ2) is 3.06. The Morgan fingerprint density at radius 1 is 1.67 bits per heavy atom. The molecule has 68 valence electrons. The second-order valence-electron chi connectivity index (χ2n) is 2.35. The van der Waals surface area contributed by atoms with Crippen molar-refractivity contribution in [3.05, 3.63) is 11.9 Å². The van der Waals surface area contributed by atoms with E-state index in [1.54, 1.807) is 11.6 Å². The van der Waals surface area contributed by atoms with E-state index in [2.05, 4.69) is 5.10 Å². The molecule has 1 heterocycles. The molecule has 0 atom stereocenters. The molecule has 0 saturated carbocycles. The molecule has 0 bridgehead atoms. The Labute approximate surface area is 75.6 Å². The molecule has 6 heteroatoms. The Bertz CT molecular complexity index is 382. The molecular formula is C6H9ClN2O2S. The molecule has 0 aliphatic heterocycles. The van der Waals surface area contributed by atoms with Crippen LogP contribution in [0.4, 0.5) is 0 Å². The largest absolute Gasteiger partial charge is 0.269 e. The number of nitrogens with zero attached hydrogens (tertiary/aromatic N) is 2. The first kappa shape index (κ1) is 9.54. The monoisotopic (exact) mass is 208 g/mol. The lowest BCUT2D eigenvalue weighted by Gasteiger charge is -1.98. The third-order valence-electron chi connectivity index (χ3n) is 1.62. The van der Waals surface area contributed by atoms with Crippen molar-refractivity contribution in [1.29, 1.82) is 0 Å². The van der Waals surface area contributed by atoms with Gasteiger partial charge in [-0.05, 0) is 13.8 Å². The highest BCUT2D eigenvalue weighted by atomic mass is 35.7. The molecule has 1 aromatic rings. The molecule has 0 radical (unpaired) electrons. The smallest absolute Gasteiger partial charge is 0.264 e. The van der Waals surface area contributed by atoms with E-state index in [-0.39, 0.29) is 4.90 Å². The van der Waals surface area contributed by atoms with E-state index in [0.29, 0.717) is 12.2 Å². The second-order valence-corrected chi connectivity index (χ2v) is 4.88. The molecule has 0 N–H and O–H groups in total. The summed E-state index contributed by atoms with van der Waals surface area (Å²) in [6, 6.07) is 0. The summed E-state index contributed by atoms with van der Waals surface area (Å²) in [5.74, 6) is 0. The van der Waals surface area contributed by atoms with Gasteiger partial charge in [0.05, 0.1) is 11.9 Å². The van der Waals surface area contributed by atoms with Crippen molar-refractivity contribution < 1.29 is 8.42 Å². The van der Waals surface area contributed by atoms with Crippen LogP contribution < -0.4 is 0 Å². The van der Waals surface area contributed by atoms with E-state index < -0.39 is 9.05 Å². The predicted octanol–water partition coefficient (Wildman–Crippen LogP) is 1.14. The van der Waals surface area contributed by atoms with Gasteiger partial charge in [-0.2, -0.15) is 5.10 Å². The summed E-state index contributed by atoms with van der Waals surface area (Å²) in [5.41, 5.74) is 0.576. The molecule has 1 aromatic heterocycles. The molecule has 12 heavy (non-hydrogen) atoms. The van der Waals surface area contributed by atoms with Gasteiger partial charge in [-0.3, -0.25) is 4.68 Å². The van der Waals surface area contributed by atoms with Gasteiger partial charge in [0.1, 0.15) is 4.90 Å². The SMILES string of the molecule is CCn1ncc(S(=O)(=O)Cl)c1C. The molecular weight excluding hydrogens is 200 g/mol. The van der Waals surface area contributed by atoms with Gasteiger partial charge in [-0.1, -0.05) is 0 Å². The zero-order valence-electron chi connectivity index (χ0n) is 6.78. The highest BCUT2D eigenvalue weighted by molar-refractivity contribution is 8.13. The van der Waals surface area contributed by atoms with E-state index in [0.717, 1.165) is 0 Å². The van der Waals surface area contributed by atoms with Crippen molar-refractivity contribution in [3.63, 3.8) is 0 Å². The summed E-state index contributed by atoms with van der Waals surface area (Å²) in [7, 11) is 1.52. The first-order valence-corrected chi connectivity index (χ1v) is 5.74. The van der Waals surface area contributed by atoms with Crippen molar-refractivity contribution >= 4 is 19.7 Å². The lowest BCUT2D eigenvalue weighted by atomic mass is 10.5. The number of aryl methyl sites for hydroxylation is 1. The highest BCUT2D eigenvalue weighted by Crippen LogP contribution is 2.18. The van der Waals surface area contributed by atoms with Crippen LogP contribution in [0.1, 0.15) is 12.6 Å². The quantitative estimate of drug-likeness (QED) is 0.685. The minimum absolute atomic E-state index is 0.0889. The molecule has 0 unspecified atom stereocenters. The topological polar surface area (TPSA) is 52.0 Å². The highest BCUT2D eigenvalue weighted by Gasteiger charge is 2.16. The summed E-state index contributed by atoms with van der Waals surface area (Å²) in [6.07, 6.45) is 1.27. The molecule has 4 nitrogen and oxygen atoms in total. The van der Waals surface area contributed by atoms with Gasteiger partial charge in [-0.15, -0.1) is 0 Å². The molecule has 0 aliphatic rings. The maximum Gasteiger partial charge on any atom is 0.264 e. The molecule has 0 aliphatic carbocycles. The van der Waals surface area contributed by atoms with Crippen molar-refractivity contribution in [1.82, 2.24) is 9.78 Å². The Hall–Kier alpha value is -0.550. The fourth-order valence-electron chi connectivity index (χ4n) is 0.988. The van der Waals surface area contributed by atoms with Crippen LogP contribution in [0.5, 0.6) is 0 Å². The average molecular weight is 209 g/mol. The minimum atomic E-state index is -3.63. The third kappa shape index (κ3) is 1.61. The maximum atomic E-state index is 10.9. The lowest BCUT2D eigenvalue weighted by molar-refractivity contribution is 0.606. The number of hydrogen-bond acceptors (Lipinski definition) is 3. The lowest BCUT2D eigenvalue weighted by Crippen LogP contribution is -2.00. The fourth-order valence-corrected chi connectivity index (χ4v) is 2.07. The van der Waals surface area contributed by atoms with Gasteiger partial charge in [0.25, 0.3) is 9.05 Å². The summed E-state index contributed by atoms with van der Waals surface area (Å²) in [5, 5.41) is 3.85. The van der Waals surface area contributed by atoms with E-state index in [1.165, 1.54) is 6.20 Å². The fraction of sp³-hybridized carbons (Fsp3) is 0.500. The minimum Gasteiger partial charge on any atom is -0.269 e. The average Bonchev–Trinajstić information content (AvgIpc) is 2.29. The Morgan fingerprint density at radius 3 is 2.50 bits per heavy atom. The maximum absolute atomic E-state index is 10.9. The van der Waals surface area contributed by atoms with Gasteiger partial charge in [0.2, 0.25) is 0 Å². The van der Waals surface area contributed by atoms with E-state index in [4.69, 9.17) is 10.7 Å².